The van der Waals surface area contributed by atoms with Crippen LogP contribution in [0.2, 0.25) is 0 Å². The van der Waals surface area contributed by atoms with E-state index in [2.05, 4.69) is 16.7 Å². The molecule has 0 aromatic carbocycles. The standard InChI is InChI=1S/C14H23N3O3/c1-4-16-12(7-9-20-3)13(15-2)14(19)17-8-5-6-11(17)10-18/h4,11,18H,2,5-10H2,1,3H3/b13-12-,16-4?/t11-/m0/s1. The van der Waals surface area contributed by atoms with E-state index < -0.39 is 0 Å². The van der Waals surface area contributed by atoms with E-state index in [-0.39, 0.29) is 24.3 Å². The van der Waals surface area contributed by atoms with Gasteiger partial charge in [0, 0.05) is 26.3 Å². The van der Waals surface area contributed by atoms with E-state index in [1.54, 1.807) is 25.1 Å². The summed E-state index contributed by atoms with van der Waals surface area (Å²) >= 11 is 0. The fraction of sp³-hybridized carbons (Fsp3) is 0.643. The van der Waals surface area contributed by atoms with Crippen LogP contribution in [0.25, 0.3) is 0 Å². The van der Waals surface area contributed by atoms with E-state index in [1.807, 2.05) is 0 Å². The van der Waals surface area contributed by atoms with Crippen LogP contribution >= 0.6 is 0 Å². The third kappa shape index (κ3) is 3.98. The molecule has 0 aromatic rings. The van der Waals surface area contributed by atoms with Gasteiger partial charge in [0.25, 0.3) is 5.91 Å². The molecule has 1 saturated heterocycles. The fourth-order valence-corrected chi connectivity index (χ4v) is 2.31. The number of rotatable bonds is 7. The van der Waals surface area contributed by atoms with Crippen LogP contribution in [0.5, 0.6) is 0 Å². The van der Waals surface area contributed by atoms with Crippen molar-refractivity contribution in [2.24, 2.45) is 9.98 Å². The van der Waals surface area contributed by atoms with Crippen LogP contribution in [0.4, 0.5) is 0 Å². The molecule has 20 heavy (non-hydrogen) atoms. The second-order valence-corrected chi connectivity index (χ2v) is 4.56. The molecular weight excluding hydrogens is 258 g/mol. The van der Waals surface area contributed by atoms with Crippen molar-refractivity contribution in [1.29, 1.82) is 0 Å². The maximum absolute atomic E-state index is 12.5. The van der Waals surface area contributed by atoms with E-state index in [1.165, 1.54) is 0 Å². The number of carbonyl (C=O) groups excluding carboxylic acids is 1. The molecule has 1 fully saturated rings. The van der Waals surface area contributed by atoms with Crippen molar-refractivity contribution in [2.75, 3.05) is 26.9 Å². The van der Waals surface area contributed by atoms with Crippen LogP contribution in [0, 0.1) is 0 Å². The smallest absolute Gasteiger partial charge is 0.274 e. The lowest BCUT2D eigenvalue weighted by molar-refractivity contribution is -0.128. The maximum Gasteiger partial charge on any atom is 0.274 e. The molecule has 0 spiro atoms. The van der Waals surface area contributed by atoms with Gasteiger partial charge in [-0.25, -0.2) is 0 Å². The minimum Gasteiger partial charge on any atom is -0.394 e. The van der Waals surface area contributed by atoms with Crippen molar-refractivity contribution in [2.45, 2.75) is 32.2 Å². The third-order valence-corrected chi connectivity index (χ3v) is 3.31. The molecule has 6 nitrogen and oxygen atoms in total. The topological polar surface area (TPSA) is 74.5 Å². The number of hydrogen-bond acceptors (Lipinski definition) is 5. The molecule has 1 heterocycles. The number of amides is 1. The Labute approximate surface area is 119 Å². The van der Waals surface area contributed by atoms with E-state index in [9.17, 15) is 9.90 Å². The summed E-state index contributed by atoms with van der Waals surface area (Å²) in [7, 11) is 1.60. The first-order chi connectivity index (χ1) is 9.69. The summed E-state index contributed by atoms with van der Waals surface area (Å²) in [6.45, 7) is 6.33. The highest BCUT2D eigenvalue weighted by atomic mass is 16.5. The zero-order valence-corrected chi connectivity index (χ0v) is 12.2. The van der Waals surface area contributed by atoms with Crippen LogP contribution < -0.4 is 0 Å². The quantitative estimate of drug-likeness (QED) is 0.559. The second kappa shape index (κ2) is 8.60. The highest BCUT2D eigenvalue weighted by Gasteiger charge is 2.31. The fourth-order valence-electron chi connectivity index (χ4n) is 2.31. The van der Waals surface area contributed by atoms with Crippen molar-refractivity contribution in [1.82, 2.24) is 4.90 Å². The monoisotopic (exact) mass is 281 g/mol. The van der Waals surface area contributed by atoms with Crippen LogP contribution in [-0.4, -0.2) is 61.8 Å². The highest BCUT2D eigenvalue weighted by molar-refractivity contribution is 5.95. The number of aliphatic hydroxyl groups is 1. The average Bonchev–Trinajstić information content (AvgIpc) is 2.93. The molecule has 0 saturated carbocycles. The van der Waals surface area contributed by atoms with Crippen molar-refractivity contribution in [3.8, 4) is 0 Å². The molecule has 1 aliphatic rings. The Morgan fingerprint density at radius 1 is 1.60 bits per heavy atom. The Hall–Kier alpha value is -1.53. The Bertz CT molecular complexity index is 404. The number of methoxy groups -OCH3 is 1. The Morgan fingerprint density at radius 3 is 2.90 bits per heavy atom. The minimum absolute atomic E-state index is 0.0272. The van der Waals surface area contributed by atoms with Crippen LogP contribution in [0.3, 0.4) is 0 Å². The second-order valence-electron chi connectivity index (χ2n) is 4.56. The molecule has 112 valence electrons. The summed E-state index contributed by atoms with van der Waals surface area (Å²) < 4.78 is 5.03. The first kappa shape index (κ1) is 16.5. The third-order valence-electron chi connectivity index (χ3n) is 3.31. The maximum atomic E-state index is 12.5. The molecule has 0 aromatic heterocycles. The summed E-state index contributed by atoms with van der Waals surface area (Å²) in [5.74, 6) is -0.215. The van der Waals surface area contributed by atoms with Gasteiger partial charge in [-0.15, -0.1) is 0 Å². The predicted molar refractivity (Wildman–Crippen MR) is 79.1 cm³/mol. The van der Waals surface area contributed by atoms with Gasteiger partial charge in [0.15, 0.2) is 0 Å². The van der Waals surface area contributed by atoms with Gasteiger partial charge in [0.05, 0.1) is 25.0 Å². The molecule has 1 aliphatic heterocycles. The largest absolute Gasteiger partial charge is 0.394 e. The van der Waals surface area contributed by atoms with E-state index in [0.29, 0.717) is 25.3 Å². The summed E-state index contributed by atoms with van der Waals surface area (Å²) in [6, 6.07) is -0.131. The Balaban J connectivity index is 3.00. The molecule has 0 aliphatic carbocycles. The van der Waals surface area contributed by atoms with Crippen LogP contribution in [-0.2, 0) is 9.53 Å². The molecule has 0 radical (unpaired) electrons. The van der Waals surface area contributed by atoms with Gasteiger partial charge in [0.1, 0.15) is 5.70 Å². The van der Waals surface area contributed by atoms with Crippen molar-refractivity contribution < 1.29 is 14.6 Å². The van der Waals surface area contributed by atoms with Gasteiger partial charge in [-0.2, -0.15) is 0 Å². The van der Waals surface area contributed by atoms with E-state index in [4.69, 9.17) is 4.74 Å². The van der Waals surface area contributed by atoms with Crippen molar-refractivity contribution >= 4 is 18.8 Å². The predicted octanol–water partition coefficient (Wildman–Crippen LogP) is 1.01. The molecule has 1 N–H and O–H groups in total. The first-order valence-electron chi connectivity index (χ1n) is 6.78. The average molecular weight is 281 g/mol. The lowest BCUT2D eigenvalue weighted by atomic mass is 10.2. The molecule has 0 bridgehead atoms. The molecule has 1 amide bonds. The molecule has 0 unspecified atom stereocenters. The normalized spacial score (nSPS) is 20.4. The molecule has 1 rings (SSSR count). The number of likely N-dealkylation sites (tertiary alicyclic amines) is 1. The van der Waals surface area contributed by atoms with Gasteiger partial charge in [-0.05, 0) is 26.5 Å². The number of aliphatic hydroxyl groups excluding tert-OH is 1. The van der Waals surface area contributed by atoms with Gasteiger partial charge < -0.3 is 14.7 Å². The summed E-state index contributed by atoms with van der Waals surface area (Å²) in [6.07, 6.45) is 3.83. The van der Waals surface area contributed by atoms with Crippen molar-refractivity contribution in [3.05, 3.63) is 11.4 Å². The molecule has 6 heteroatoms. The lowest BCUT2D eigenvalue weighted by Gasteiger charge is -2.23. The number of nitrogens with zero attached hydrogens (tertiary/aromatic N) is 3. The highest BCUT2D eigenvalue weighted by Crippen LogP contribution is 2.22. The number of carbonyl (C=O) groups is 1. The Morgan fingerprint density at radius 2 is 2.35 bits per heavy atom. The summed E-state index contributed by atoms with van der Waals surface area (Å²) in [5.41, 5.74) is 0.818. The number of aliphatic imine (C=N–C) groups is 2. The molecular formula is C14H23N3O3. The van der Waals surface area contributed by atoms with Crippen LogP contribution in [0.15, 0.2) is 21.4 Å². The summed E-state index contributed by atoms with van der Waals surface area (Å²) in [4.78, 5) is 22.3. The van der Waals surface area contributed by atoms with Gasteiger partial charge in [0.2, 0.25) is 0 Å². The van der Waals surface area contributed by atoms with Gasteiger partial charge >= 0.3 is 0 Å². The zero-order chi connectivity index (χ0) is 15.0. The van der Waals surface area contributed by atoms with Crippen molar-refractivity contribution in [3.63, 3.8) is 0 Å². The van der Waals surface area contributed by atoms with E-state index in [0.717, 1.165) is 12.8 Å². The zero-order valence-electron chi connectivity index (χ0n) is 12.2. The number of ether oxygens (including phenoxy) is 1. The number of hydrogen-bond donors (Lipinski definition) is 1. The van der Waals surface area contributed by atoms with Crippen LogP contribution in [0.1, 0.15) is 26.2 Å². The Kier molecular flexibility index (Phi) is 7.11. The van der Waals surface area contributed by atoms with Gasteiger partial charge in [-0.3, -0.25) is 14.8 Å². The van der Waals surface area contributed by atoms with E-state index >= 15 is 0 Å². The summed E-state index contributed by atoms with van der Waals surface area (Å²) in [5, 5.41) is 9.32. The SMILES string of the molecule is C=N/C(C(=O)N1CCC[C@H]1CO)=C(/CCOC)N=CC. The minimum atomic E-state index is -0.215. The first-order valence-corrected chi connectivity index (χ1v) is 6.78. The molecule has 1 atom stereocenters. The lowest BCUT2D eigenvalue weighted by Crippen LogP contribution is -2.38. The van der Waals surface area contributed by atoms with Gasteiger partial charge in [-0.1, -0.05) is 0 Å².